The molecular formula is C27H32N2O5. The summed E-state index contributed by atoms with van der Waals surface area (Å²) in [4.78, 5) is 38.4. The molecule has 0 radical (unpaired) electrons. The molecule has 2 aromatic carbocycles. The largest absolute Gasteiger partial charge is 0.480 e. The maximum Gasteiger partial charge on any atom is 0.407 e. The van der Waals surface area contributed by atoms with E-state index in [9.17, 15) is 19.5 Å². The summed E-state index contributed by atoms with van der Waals surface area (Å²) in [5, 5.41) is 12.3. The fourth-order valence-corrected chi connectivity index (χ4v) is 4.75. The van der Waals surface area contributed by atoms with Crippen LogP contribution in [0.15, 0.2) is 48.5 Å². The minimum absolute atomic E-state index is 0.0376. The molecule has 4 rings (SSSR count). The van der Waals surface area contributed by atoms with Crippen LogP contribution in [-0.4, -0.2) is 53.2 Å². The van der Waals surface area contributed by atoms with Crippen LogP contribution >= 0.6 is 0 Å². The van der Waals surface area contributed by atoms with E-state index in [2.05, 4.69) is 29.6 Å². The first-order valence-electron chi connectivity index (χ1n) is 11.8. The molecule has 2 aromatic rings. The monoisotopic (exact) mass is 464 g/mol. The molecule has 1 atom stereocenters. The standard InChI is InChI=1S/C27H32N2O5/c1-27(2,25(31)32)29(3)24(30)15-23(17-9-8-10-17)28-26(33)34-16-22-20-13-6-4-11-18(20)19-12-5-7-14-21(19)22/h4-7,11-14,17,22-23H,8-10,15-16H2,1-3H3,(H,28,33)(H,31,32). The van der Waals surface area contributed by atoms with Gasteiger partial charge < -0.3 is 20.1 Å². The summed E-state index contributed by atoms with van der Waals surface area (Å²) in [7, 11) is 1.49. The van der Waals surface area contributed by atoms with Gasteiger partial charge in [-0.15, -0.1) is 0 Å². The van der Waals surface area contributed by atoms with Gasteiger partial charge >= 0.3 is 12.1 Å². The van der Waals surface area contributed by atoms with Crippen molar-refractivity contribution in [2.45, 2.75) is 57.0 Å². The van der Waals surface area contributed by atoms with E-state index in [-0.39, 0.29) is 36.8 Å². The third kappa shape index (κ3) is 4.52. The predicted octanol–water partition coefficient (Wildman–Crippen LogP) is 4.41. The Morgan fingerprint density at radius 1 is 1.06 bits per heavy atom. The molecule has 1 saturated carbocycles. The van der Waals surface area contributed by atoms with E-state index in [1.54, 1.807) is 0 Å². The molecule has 2 amide bonds. The number of ether oxygens (including phenoxy) is 1. The summed E-state index contributed by atoms with van der Waals surface area (Å²) in [6.45, 7) is 3.19. The molecule has 0 aliphatic heterocycles. The molecule has 7 heteroatoms. The van der Waals surface area contributed by atoms with Crippen molar-refractivity contribution in [1.29, 1.82) is 0 Å². The number of carbonyl (C=O) groups excluding carboxylic acids is 2. The predicted molar refractivity (Wildman–Crippen MR) is 128 cm³/mol. The van der Waals surface area contributed by atoms with E-state index in [0.29, 0.717) is 0 Å². The average Bonchev–Trinajstić information content (AvgIpc) is 3.09. The lowest BCUT2D eigenvalue weighted by atomic mass is 9.78. The highest BCUT2D eigenvalue weighted by atomic mass is 16.5. The van der Waals surface area contributed by atoms with Crippen molar-refractivity contribution in [3.63, 3.8) is 0 Å². The van der Waals surface area contributed by atoms with Crippen molar-refractivity contribution >= 4 is 18.0 Å². The number of benzene rings is 2. The first kappa shape index (κ1) is 23.8. The van der Waals surface area contributed by atoms with Crippen LogP contribution < -0.4 is 5.32 Å². The minimum Gasteiger partial charge on any atom is -0.480 e. The Balaban J connectivity index is 1.41. The minimum atomic E-state index is -1.33. The Hall–Kier alpha value is -3.35. The molecule has 2 aliphatic rings. The summed E-state index contributed by atoms with van der Waals surface area (Å²) in [6, 6.07) is 15.9. The highest BCUT2D eigenvalue weighted by Crippen LogP contribution is 2.44. The van der Waals surface area contributed by atoms with Crippen LogP contribution in [0.1, 0.15) is 56.6 Å². The number of hydrogen-bond acceptors (Lipinski definition) is 4. The number of hydrogen-bond donors (Lipinski definition) is 2. The van der Waals surface area contributed by atoms with Crippen LogP contribution in [0.2, 0.25) is 0 Å². The Bertz CT molecular complexity index is 1050. The molecule has 0 aromatic heterocycles. The van der Waals surface area contributed by atoms with Gasteiger partial charge in [0.2, 0.25) is 5.91 Å². The second kappa shape index (κ2) is 9.49. The number of carbonyl (C=O) groups is 3. The van der Waals surface area contributed by atoms with Gasteiger partial charge in [-0.3, -0.25) is 4.79 Å². The fraction of sp³-hybridized carbons (Fsp3) is 0.444. The van der Waals surface area contributed by atoms with Crippen LogP contribution in [-0.2, 0) is 14.3 Å². The van der Waals surface area contributed by atoms with E-state index >= 15 is 0 Å². The van der Waals surface area contributed by atoms with Crippen molar-refractivity contribution < 1.29 is 24.2 Å². The second-order valence-electron chi connectivity index (χ2n) is 9.79. The summed E-state index contributed by atoms with van der Waals surface area (Å²) in [5.74, 6) is -1.24. The van der Waals surface area contributed by atoms with Crippen molar-refractivity contribution in [1.82, 2.24) is 10.2 Å². The Morgan fingerprint density at radius 2 is 1.62 bits per heavy atom. The molecule has 0 saturated heterocycles. The maximum absolute atomic E-state index is 12.8. The molecule has 1 fully saturated rings. The first-order chi connectivity index (χ1) is 16.2. The van der Waals surface area contributed by atoms with Crippen molar-refractivity contribution in [2.24, 2.45) is 5.92 Å². The zero-order valence-electron chi connectivity index (χ0n) is 19.9. The number of fused-ring (bicyclic) bond motifs is 3. The maximum atomic E-state index is 12.8. The third-order valence-corrected chi connectivity index (χ3v) is 7.50. The van der Waals surface area contributed by atoms with Gasteiger partial charge in [0.25, 0.3) is 0 Å². The van der Waals surface area contributed by atoms with Crippen LogP contribution in [0.3, 0.4) is 0 Å². The molecular weight excluding hydrogens is 432 g/mol. The van der Waals surface area contributed by atoms with Crippen LogP contribution in [0.25, 0.3) is 11.1 Å². The Kier molecular flexibility index (Phi) is 6.64. The Labute approximate surface area is 200 Å². The summed E-state index contributed by atoms with van der Waals surface area (Å²) >= 11 is 0. The van der Waals surface area contributed by atoms with Crippen LogP contribution in [0, 0.1) is 5.92 Å². The zero-order chi connectivity index (χ0) is 24.5. The highest BCUT2D eigenvalue weighted by Gasteiger charge is 2.38. The van der Waals surface area contributed by atoms with Gasteiger partial charge in [-0.1, -0.05) is 55.0 Å². The molecule has 2 N–H and O–H groups in total. The Morgan fingerprint density at radius 3 is 2.12 bits per heavy atom. The van der Waals surface area contributed by atoms with Crippen molar-refractivity contribution in [3.8, 4) is 11.1 Å². The number of carboxylic acid groups (broad SMARTS) is 1. The van der Waals surface area contributed by atoms with Crippen LogP contribution in [0.4, 0.5) is 4.79 Å². The first-order valence-corrected chi connectivity index (χ1v) is 11.8. The number of aliphatic carboxylic acids is 1. The number of alkyl carbamates (subject to hydrolysis) is 1. The topological polar surface area (TPSA) is 95.9 Å². The number of carboxylic acids is 1. The fourth-order valence-electron chi connectivity index (χ4n) is 4.75. The lowest BCUT2D eigenvalue weighted by molar-refractivity contribution is -0.155. The smallest absolute Gasteiger partial charge is 0.407 e. The van der Waals surface area contributed by atoms with E-state index in [4.69, 9.17) is 4.74 Å². The van der Waals surface area contributed by atoms with Gasteiger partial charge in [0.15, 0.2) is 0 Å². The average molecular weight is 465 g/mol. The number of amides is 2. The molecule has 1 unspecified atom stereocenters. The van der Waals surface area contributed by atoms with Crippen molar-refractivity contribution in [3.05, 3.63) is 59.7 Å². The lowest BCUT2D eigenvalue weighted by Gasteiger charge is -2.37. The second-order valence-corrected chi connectivity index (χ2v) is 9.79. The summed E-state index contributed by atoms with van der Waals surface area (Å²) in [5.41, 5.74) is 3.27. The molecule has 180 valence electrons. The summed E-state index contributed by atoms with van der Waals surface area (Å²) < 4.78 is 5.67. The molecule has 7 nitrogen and oxygen atoms in total. The van der Waals surface area contributed by atoms with Gasteiger partial charge in [0.1, 0.15) is 12.1 Å². The van der Waals surface area contributed by atoms with Gasteiger partial charge in [-0.25, -0.2) is 9.59 Å². The normalized spacial score (nSPS) is 16.1. The van der Waals surface area contributed by atoms with Gasteiger partial charge in [-0.2, -0.15) is 0 Å². The van der Waals surface area contributed by atoms with E-state index in [0.717, 1.165) is 41.5 Å². The van der Waals surface area contributed by atoms with Gasteiger partial charge in [0.05, 0.1) is 0 Å². The quantitative estimate of drug-likeness (QED) is 0.604. The SMILES string of the molecule is CN(C(=O)CC(NC(=O)OCC1c2ccccc2-c2ccccc21)C1CCC1)C(C)(C)C(=O)O. The van der Waals surface area contributed by atoms with Gasteiger partial charge in [0, 0.05) is 25.4 Å². The number of rotatable bonds is 8. The van der Waals surface area contributed by atoms with E-state index in [1.165, 1.54) is 25.8 Å². The molecule has 34 heavy (non-hydrogen) atoms. The zero-order valence-corrected chi connectivity index (χ0v) is 19.9. The van der Waals surface area contributed by atoms with Gasteiger partial charge in [-0.05, 0) is 54.9 Å². The van der Waals surface area contributed by atoms with Crippen LogP contribution in [0.5, 0.6) is 0 Å². The highest BCUT2D eigenvalue weighted by molar-refractivity contribution is 5.86. The lowest BCUT2D eigenvalue weighted by Crippen LogP contribution is -2.53. The number of nitrogens with one attached hydrogen (secondary N) is 1. The van der Waals surface area contributed by atoms with E-state index in [1.807, 2.05) is 24.3 Å². The molecule has 0 spiro atoms. The number of nitrogens with zero attached hydrogens (tertiary/aromatic N) is 1. The molecule has 0 bridgehead atoms. The summed E-state index contributed by atoms with van der Waals surface area (Å²) in [6.07, 6.45) is 2.40. The molecule has 0 heterocycles. The van der Waals surface area contributed by atoms with Crippen molar-refractivity contribution in [2.75, 3.05) is 13.7 Å². The number of likely N-dealkylation sites (N-methyl/N-ethyl adjacent to an activating group) is 1. The van der Waals surface area contributed by atoms with E-state index < -0.39 is 17.6 Å². The third-order valence-electron chi connectivity index (χ3n) is 7.50. The molecule has 2 aliphatic carbocycles.